The molecule has 5 rings (SSSR count). The molecule has 1 aliphatic heterocycles. The van der Waals surface area contributed by atoms with Gasteiger partial charge < -0.3 is 15.2 Å². The number of nitrogens with two attached hydrogens (primary N) is 1. The summed E-state index contributed by atoms with van der Waals surface area (Å²) < 4.78 is 44.0. The third-order valence-electron chi connectivity index (χ3n) is 7.46. The molecule has 1 saturated heterocycles. The maximum atomic E-state index is 15.1. The number of aryl methyl sites for hydroxylation is 1. The van der Waals surface area contributed by atoms with Crippen molar-refractivity contribution in [3.63, 3.8) is 0 Å². The number of aromatic nitrogens is 4. The highest BCUT2D eigenvalue weighted by Crippen LogP contribution is 2.47. The Labute approximate surface area is 220 Å². The number of imidazole rings is 1. The highest BCUT2D eigenvalue weighted by Gasteiger charge is 2.47. The van der Waals surface area contributed by atoms with Crippen LogP contribution in [0.1, 0.15) is 37.3 Å². The average Bonchev–Trinajstić information content (AvgIpc) is 3.22. The smallest absolute Gasteiger partial charge is 0.252 e. The number of likely N-dealkylation sites (N-methyl/N-ethyl adjacent to an activating group) is 1. The molecule has 0 unspecified atom stereocenters. The van der Waals surface area contributed by atoms with Gasteiger partial charge in [-0.2, -0.15) is 0 Å². The molecule has 0 bridgehead atoms. The molecule has 1 saturated carbocycles. The van der Waals surface area contributed by atoms with Gasteiger partial charge in [-0.05, 0) is 43.3 Å². The monoisotopic (exact) mass is 525 g/mol. The van der Waals surface area contributed by atoms with E-state index in [1.807, 2.05) is 24.3 Å². The summed E-state index contributed by atoms with van der Waals surface area (Å²) in [4.78, 5) is 18.0. The maximum absolute atomic E-state index is 15.1. The lowest BCUT2D eigenvalue weighted by atomic mass is 9.87. The lowest BCUT2D eigenvalue weighted by Gasteiger charge is -2.36. The molecule has 38 heavy (non-hydrogen) atoms. The molecule has 0 amide bonds. The van der Waals surface area contributed by atoms with Crippen molar-refractivity contribution in [2.45, 2.75) is 38.7 Å². The van der Waals surface area contributed by atoms with Crippen LogP contribution in [0, 0.1) is 12.7 Å². The molecular weight excluding hydrogens is 491 g/mol. The Kier molecular flexibility index (Phi) is 7.65. The fourth-order valence-corrected chi connectivity index (χ4v) is 5.38. The predicted octanol–water partition coefficient (Wildman–Crippen LogP) is 4.45. The van der Waals surface area contributed by atoms with Gasteiger partial charge >= 0.3 is 0 Å². The Morgan fingerprint density at radius 1 is 1.11 bits per heavy atom. The fourth-order valence-electron chi connectivity index (χ4n) is 5.38. The number of fused-ring (bicyclic) bond motifs is 1. The van der Waals surface area contributed by atoms with Crippen LogP contribution in [0.3, 0.4) is 0 Å². The molecular formula is C28H34F3N7. The molecule has 1 aromatic carbocycles. The van der Waals surface area contributed by atoms with E-state index in [1.165, 1.54) is 12.4 Å². The van der Waals surface area contributed by atoms with Crippen LogP contribution in [-0.2, 0) is 0 Å². The average molecular weight is 526 g/mol. The minimum absolute atomic E-state index is 0.188. The first-order valence-electron chi connectivity index (χ1n) is 13.2. The summed E-state index contributed by atoms with van der Waals surface area (Å²) in [6.45, 7) is 10.3. The number of hydrogen-bond acceptors (Lipinski definition) is 6. The lowest BCUT2D eigenvalue weighted by Crippen LogP contribution is -2.46. The van der Waals surface area contributed by atoms with Crippen LogP contribution in [0.4, 0.5) is 13.2 Å². The van der Waals surface area contributed by atoms with Crippen molar-refractivity contribution in [1.82, 2.24) is 29.3 Å². The van der Waals surface area contributed by atoms with E-state index >= 15 is 4.39 Å². The number of alkyl halides is 2. The Balaban J connectivity index is 1.44. The van der Waals surface area contributed by atoms with Gasteiger partial charge in [0.2, 0.25) is 0 Å². The zero-order valence-electron chi connectivity index (χ0n) is 21.9. The van der Waals surface area contributed by atoms with Gasteiger partial charge in [-0.3, -0.25) is 4.90 Å². The van der Waals surface area contributed by atoms with Gasteiger partial charge in [0.25, 0.3) is 5.92 Å². The predicted molar refractivity (Wildman–Crippen MR) is 143 cm³/mol. The molecule has 3 aromatic rings. The van der Waals surface area contributed by atoms with E-state index in [9.17, 15) is 8.78 Å². The van der Waals surface area contributed by atoms with Gasteiger partial charge in [-0.25, -0.2) is 28.1 Å². The van der Waals surface area contributed by atoms with Crippen LogP contribution < -0.4 is 5.73 Å². The third kappa shape index (κ3) is 5.67. The molecule has 0 radical (unpaired) electrons. The largest absolute Gasteiger partial charge is 0.327 e. The topological polar surface area (TPSA) is 76.1 Å². The second-order valence-electron chi connectivity index (χ2n) is 10.2. The molecule has 2 aromatic heterocycles. The minimum Gasteiger partial charge on any atom is -0.327 e. The first-order chi connectivity index (χ1) is 18.3. The number of benzene rings is 1. The van der Waals surface area contributed by atoms with E-state index in [-0.39, 0.29) is 18.4 Å². The van der Waals surface area contributed by atoms with E-state index in [4.69, 9.17) is 5.73 Å². The molecule has 0 spiro atoms. The number of nitrogens with zero attached hydrogens (tertiary/aromatic N) is 6. The van der Waals surface area contributed by atoms with Crippen LogP contribution in [0.25, 0.3) is 28.4 Å². The number of piperazine rings is 1. The van der Waals surface area contributed by atoms with Crippen LogP contribution in [0.2, 0.25) is 0 Å². The summed E-state index contributed by atoms with van der Waals surface area (Å²) in [6.07, 6.45) is 6.88. The Hall–Kier alpha value is -3.08. The van der Waals surface area contributed by atoms with E-state index in [2.05, 4.69) is 31.7 Å². The highest BCUT2D eigenvalue weighted by atomic mass is 19.3. The summed E-state index contributed by atoms with van der Waals surface area (Å²) in [7, 11) is 0. The normalized spacial score (nSPS) is 19.5. The van der Waals surface area contributed by atoms with Crippen molar-refractivity contribution < 1.29 is 13.2 Å². The Morgan fingerprint density at radius 2 is 1.84 bits per heavy atom. The zero-order chi connectivity index (χ0) is 26.9. The molecule has 10 heteroatoms. The van der Waals surface area contributed by atoms with Gasteiger partial charge in [0.15, 0.2) is 5.82 Å². The van der Waals surface area contributed by atoms with Crippen LogP contribution in [0.15, 0.2) is 42.3 Å². The highest BCUT2D eigenvalue weighted by molar-refractivity contribution is 5.83. The Morgan fingerprint density at radius 3 is 2.53 bits per heavy atom. The summed E-state index contributed by atoms with van der Waals surface area (Å²) in [5.74, 6) is -2.66. The molecule has 3 heterocycles. The zero-order valence-corrected chi connectivity index (χ0v) is 21.9. The number of halogens is 3. The number of hydrogen-bond donors (Lipinski definition) is 1. The van der Waals surface area contributed by atoms with Crippen molar-refractivity contribution in [3.8, 4) is 11.3 Å². The standard InChI is InChI=1S/C28H34F3N7/c1-3-36-7-9-37(10-8-36)17-20(5-4-6-32)11-22-14-25(34-18-33-22)21-12-24(29)27-26(13-21)38(19(2)35-27)23-15-28(30,31)16-23/h4-5,11-14,18,23H,3,6-10,15-17,32H2,1-2H3/b5-4-,20-11?. The van der Waals surface area contributed by atoms with Crippen molar-refractivity contribution in [3.05, 3.63) is 59.6 Å². The quantitative estimate of drug-likeness (QED) is 0.438. The van der Waals surface area contributed by atoms with Gasteiger partial charge in [-0.1, -0.05) is 19.1 Å². The molecule has 2 aliphatic rings. The third-order valence-corrected chi connectivity index (χ3v) is 7.46. The summed E-state index contributed by atoms with van der Waals surface area (Å²) in [5.41, 5.74) is 9.29. The summed E-state index contributed by atoms with van der Waals surface area (Å²) in [5, 5.41) is 0. The molecule has 0 atom stereocenters. The molecule has 7 nitrogen and oxygen atoms in total. The molecule has 1 aliphatic carbocycles. The molecule has 2 N–H and O–H groups in total. The maximum Gasteiger partial charge on any atom is 0.252 e. The van der Waals surface area contributed by atoms with Crippen LogP contribution in [-0.4, -0.2) is 81.1 Å². The summed E-state index contributed by atoms with van der Waals surface area (Å²) in [6, 6.07) is 4.60. The fraction of sp³-hybridized carbons (Fsp3) is 0.464. The van der Waals surface area contributed by atoms with Gasteiger partial charge in [0, 0.05) is 63.7 Å². The van der Waals surface area contributed by atoms with Gasteiger partial charge in [0.1, 0.15) is 17.7 Å². The van der Waals surface area contributed by atoms with Crippen LogP contribution >= 0.6 is 0 Å². The lowest BCUT2D eigenvalue weighted by molar-refractivity contribution is -0.103. The van der Waals surface area contributed by atoms with Crippen LogP contribution in [0.5, 0.6) is 0 Å². The molecule has 2 fully saturated rings. The summed E-state index contributed by atoms with van der Waals surface area (Å²) >= 11 is 0. The van der Waals surface area contributed by atoms with E-state index in [0.717, 1.165) is 44.8 Å². The van der Waals surface area contributed by atoms with Crippen molar-refractivity contribution >= 4 is 17.1 Å². The van der Waals surface area contributed by atoms with Crippen molar-refractivity contribution in [2.75, 3.05) is 45.8 Å². The van der Waals surface area contributed by atoms with Gasteiger partial charge in [-0.15, -0.1) is 0 Å². The minimum atomic E-state index is -2.68. The van der Waals surface area contributed by atoms with E-state index < -0.39 is 17.8 Å². The molecule has 202 valence electrons. The van der Waals surface area contributed by atoms with Crippen molar-refractivity contribution in [1.29, 1.82) is 0 Å². The second kappa shape index (κ2) is 11.0. The van der Waals surface area contributed by atoms with E-state index in [0.29, 0.717) is 34.8 Å². The van der Waals surface area contributed by atoms with E-state index in [1.54, 1.807) is 17.6 Å². The van der Waals surface area contributed by atoms with Crippen molar-refractivity contribution in [2.24, 2.45) is 5.73 Å². The SMILES string of the molecule is CCN1CCN(CC(=Cc2cc(-c3cc(F)c4nc(C)n(C5CC(F)(F)C5)c4c3)ncn2)/C=C\CN)CC1. The first-order valence-corrected chi connectivity index (χ1v) is 13.2. The first kappa shape index (κ1) is 26.5. The Bertz CT molecular complexity index is 1350. The number of rotatable bonds is 8. The second-order valence-corrected chi connectivity index (χ2v) is 10.2. The van der Waals surface area contributed by atoms with Gasteiger partial charge in [0.05, 0.1) is 16.9 Å².